The Labute approximate surface area is 106 Å². The van der Waals surface area contributed by atoms with Crippen LogP contribution < -0.4 is 0 Å². The quantitative estimate of drug-likeness (QED) is 0.765. The first-order chi connectivity index (χ1) is 8.20. The van der Waals surface area contributed by atoms with Gasteiger partial charge >= 0.3 is 0 Å². The van der Waals surface area contributed by atoms with Crippen LogP contribution in [-0.2, 0) is 6.42 Å². The summed E-state index contributed by atoms with van der Waals surface area (Å²) in [5.41, 5.74) is 4.57. The van der Waals surface area contributed by atoms with Crippen LogP contribution in [0.5, 0.6) is 0 Å². The topological polar surface area (TPSA) is 23.8 Å². The number of nitrogens with zero attached hydrogens (tertiary/aromatic N) is 1. The van der Waals surface area contributed by atoms with Gasteiger partial charge < -0.3 is 0 Å². The molecule has 17 heavy (non-hydrogen) atoms. The van der Waals surface area contributed by atoms with Crippen molar-refractivity contribution in [1.29, 1.82) is 5.26 Å². The van der Waals surface area contributed by atoms with Crippen LogP contribution in [0.4, 0.5) is 0 Å². The van der Waals surface area contributed by atoms with E-state index in [-0.39, 0.29) is 0 Å². The molecule has 1 nitrogen and oxygen atoms in total. The fourth-order valence-electron chi connectivity index (χ4n) is 1.88. The third kappa shape index (κ3) is 2.67. The van der Waals surface area contributed by atoms with Gasteiger partial charge in [-0.05, 0) is 41.3 Å². The van der Waals surface area contributed by atoms with Gasteiger partial charge in [-0.2, -0.15) is 5.26 Å². The van der Waals surface area contributed by atoms with Crippen LogP contribution in [0, 0.1) is 18.3 Å². The molecule has 0 aliphatic rings. The van der Waals surface area contributed by atoms with Crippen molar-refractivity contribution >= 4 is 11.6 Å². The highest BCUT2D eigenvalue weighted by Gasteiger charge is 2.03. The van der Waals surface area contributed by atoms with Gasteiger partial charge in [0, 0.05) is 5.02 Å². The molecule has 0 unspecified atom stereocenters. The van der Waals surface area contributed by atoms with Crippen molar-refractivity contribution in [2.24, 2.45) is 0 Å². The molecule has 0 amide bonds. The lowest BCUT2D eigenvalue weighted by Gasteiger charge is -2.07. The first kappa shape index (κ1) is 11.7. The Hall–Kier alpha value is -1.78. The van der Waals surface area contributed by atoms with E-state index >= 15 is 0 Å². The Balaban J connectivity index is 2.40. The molecule has 2 aromatic carbocycles. The largest absolute Gasteiger partial charge is 0.198 e. The average molecular weight is 242 g/mol. The van der Waals surface area contributed by atoms with Gasteiger partial charge in [0.2, 0.25) is 0 Å². The van der Waals surface area contributed by atoms with Gasteiger partial charge in [-0.25, -0.2) is 0 Å². The molecule has 0 saturated heterocycles. The molecule has 0 heterocycles. The van der Waals surface area contributed by atoms with E-state index in [0.29, 0.717) is 6.42 Å². The fraction of sp³-hybridized carbons (Fsp3) is 0.133. The van der Waals surface area contributed by atoms with E-state index in [1.54, 1.807) is 0 Å². The van der Waals surface area contributed by atoms with Crippen molar-refractivity contribution in [3.63, 3.8) is 0 Å². The lowest BCUT2D eigenvalue weighted by molar-refractivity contribution is 1.25. The fourth-order valence-corrected chi connectivity index (χ4v) is 2.01. The van der Waals surface area contributed by atoms with Gasteiger partial charge in [0.05, 0.1) is 12.5 Å². The molecule has 0 aromatic heterocycles. The minimum atomic E-state index is 0.460. The Morgan fingerprint density at radius 1 is 1.12 bits per heavy atom. The third-order valence-corrected chi connectivity index (χ3v) is 2.98. The normalized spacial score (nSPS) is 9.94. The second-order valence-corrected chi connectivity index (χ2v) is 4.43. The molecule has 2 heteroatoms. The van der Waals surface area contributed by atoms with Crippen LogP contribution >= 0.6 is 11.6 Å². The lowest BCUT2D eigenvalue weighted by Crippen LogP contribution is -1.87. The Morgan fingerprint density at radius 2 is 1.82 bits per heavy atom. The predicted molar refractivity (Wildman–Crippen MR) is 70.9 cm³/mol. The Morgan fingerprint density at radius 3 is 2.41 bits per heavy atom. The monoisotopic (exact) mass is 241 g/mol. The van der Waals surface area contributed by atoms with Crippen molar-refractivity contribution in [3.8, 4) is 17.2 Å². The molecule has 0 atom stereocenters. The molecular weight excluding hydrogens is 230 g/mol. The molecule has 0 N–H and O–H groups in total. The van der Waals surface area contributed by atoms with Gasteiger partial charge in [0.15, 0.2) is 0 Å². The first-order valence-electron chi connectivity index (χ1n) is 5.43. The number of hydrogen-bond donors (Lipinski definition) is 0. The number of nitriles is 1. The minimum Gasteiger partial charge on any atom is -0.198 e. The zero-order chi connectivity index (χ0) is 12.3. The van der Waals surface area contributed by atoms with Gasteiger partial charge in [0.25, 0.3) is 0 Å². The Kier molecular flexibility index (Phi) is 3.46. The van der Waals surface area contributed by atoms with Gasteiger partial charge in [-0.3, -0.25) is 0 Å². The molecule has 0 spiro atoms. The van der Waals surface area contributed by atoms with Crippen LogP contribution in [-0.4, -0.2) is 0 Å². The minimum absolute atomic E-state index is 0.460. The second kappa shape index (κ2) is 5.03. The van der Waals surface area contributed by atoms with Crippen LogP contribution in [0.15, 0.2) is 42.5 Å². The SMILES string of the molecule is Cc1cc(CC#N)ccc1-c1ccc(Cl)cc1. The molecule has 0 radical (unpaired) electrons. The predicted octanol–water partition coefficient (Wildman–Crippen LogP) is 4.38. The summed E-state index contributed by atoms with van der Waals surface area (Å²) < 4.78 is 0. The summed E-state index contributed by atoms with van der Waals surface area (Å²) in [6.45, 7) is 2.06. The zero-order valence-corrected chi connectivity index (χ0v) is 10.3. The van der Waals surface area contributed by atoms with Crippen LogP contribution in [0.1, 0.15) is 11.1 Å². The molecule has 0 aliphatic heterocycles. The molecule has 2 aromatic rings. The smallest absolute Gasteiger partial charge is 0.0669 e. The maximum atomic E-state index is 8.66. The number of hydrogen-bond acceptors (Lipinski definition) is 1. The maximum absolute atomic E-state index is 8.66. The van der Waals surface area contributed by atoms with E-state index < -0.39 is 0 Å². The molecule has 2 rings (SSSR count). The summed E-state index contributed by atoms with van der Waals surface area (Å²) in [6, 6.07) is 16.1. The molecule has 0 bridgehead atoms. The Bertz CT molecular complexity index is 564. The van der Waals surface area contributed by atoms with Gasteiger partial charge in [-0.1, -0.05) is 41.9 Å². The van der Waals surface area contributed by atoms with Crippen molar-refractivity contribution in [2.75, 3.05) is 0 Å². The summed E-state index contributed by atoms with van der Waals surface area (Å²) >= 11 is 5.87. The van der Waals surface area contributed by atoms with Gasteiger partial charge in [-0.15, -0.1) is 0 Å². The van der Waals surface area contributed by atoms with Crippen LogP contribution in [0.25, 0.3) is 11.1 Å². The van der Waals surface area contributed by atoms with Crippen molar-refractivity contribution in [1.82, 2.24) is 0 Å². The third-order valence-electron chi connectivity index (χ3n) is 2.73. The average Bonchev–Trinajstić information content (AvgIpc) is 2.31. The molecule has 0 fully saturated rings. The second-order valence-electron chi connectivity index (χ2n) is 3.99. The molecule has 84 valence electrons. The zero-order valence-electron chi connectivity index (χ0n) is 9.57. The van der Waals surface area contributed by atoms with E-state index in [1.165, 1.54) is 11.1 Å². The number of halogens is 1. The highest BCUT2D eigenvalue weighted by Crippen LogP contribution is 2.25. The van der Waals surface area contributed by atoms with Gasteiger partial charge in [0.1, 0.15) is 0 Å². The summed E-state index contributed by atoms with van der Waals surface area (Å²) in [5.74, 6) is 0. The first-order valence-corrected chi connectivity index (χ1v) is 5.81. The van der Waals surface area contributed by atoms with E-state index in [1.807, 2.05) is 30.3 Å². The van der Waals surface area contributed by atoms with Crippen LogP contribution in [0.2, 0.25) is 5.02 Å². The highest BCUT2D eigenvalue weighted by molar-refractivity contribution is 6.30. The van der Waals surface area contributed by atoms with Crippen molar-refractivity contribution in [3.05, 3.63) is 58.6 Å². The standard InChI is InChI=1S/C15H12ClN/c1-11-10-12(8-9-17)2-7-15(11)13-3-5-14(16)6-4-13/h2-7,10H,8H2,1H3. The summed E-state index contributed by atoms with van der Waals surface area (Å²) in [5, 5.41) is 9.41. The maximum Gasteiger partial charge on any atom is 0.0669 e. The molecular formula is C15H12ClN. The van der Waals surface area contributed by atoms with E-state index in [9.17, 15) is 0 Å². The van der Waals surface area contributed by atoms with E-state index in [2.05, 4.69) is 25.1 Å². The highest BCUT2D eigenvalue weighted by atomic mass is 35.5. The van der Waals surface area contributed by atoms with Crippen molar-refractivity contribution < 1.29 is 0 Å². The molecule has 0 saturated carbocycles. The number of aryl methyl sites for hydroxylation is 1. The summed E-state index contributed by atoms with van der Waals surface area (Å²) in [6.07, 6.45) is 0.460. The number of rotatable bonds is 2. The van der Waals surface area contributed by atoms with E-state index in [4.69, 9.17) is 16.9 Å². The van der Waals surface area contributed by atoms with Crippen molar-refractivity contribution in [2.45, 2.75) is 13.3 Å². The van der Waals surface area contributed by atoms with Crippen LogP contribution in [0.3, 0.4) is 0 Å². The van der Waals surface area contributed by atoms with E-state index in [0.717, 1.165) is 16.1 Å². The molecule has 0 aliphatic carbocycles. The summed E-state index contributed by atoms with van der Waals surface area (Å²) in [7, 11) is 0. The summed E-state index contributed by atoms with van der Waals surface area (Å²) in [4.78, 5) is 0. The number of benzene rings is 2. The lowest BCUT2D eigenvalue weighted by atomic mass is 9.98.